The van der Waals surface area contributed by atoms with Gasteiger partial charge in [0.05, 0.1) is 40.1 Å². The zero-order valence-corrected chi connectivity index (χ0v) is 23.2. The maximum absolute atomic E-state index is 13.7. The molecule has 1 aromatic heterocycles. The van der Waals surface area contributed by atoms with Gasteiger partial charge in [-0.3, -0.25) is 13.9 Å². The van der Waals surface area contributed by atoms with Crippen molar-refractivity contribution in [1.29, 1.82) is 0 Å². The molecular formula is C32H34N2O8. The van der Waals surface area contributed by atoms with E-state index in [-0.39, 0.29) is 19.8 Å². The Bertz CT molecular complexity index is 1560. The molecule has 4 aromatic rings. The summed E-state index contributed by atoms with van der Waals surface area (Å²) in [6, 6.07) is 27.2. The van der Waals surface area contributed by atoms with Crippen molar-refractivity contribution in [1.82, 2.24) is 9.13 Å². The van der Waals surface area contributed by atoms with E-state index in [0.29, 0.717) is 17.9 Å². The summed E-state index contributed by atoms with van der Waals surface area (Å²) in [4.78, 5) is 26.4. The summed E-state index contributed by atoms with van der Waals surface area (Å²) in [5, 5.41) is 22.4. The number of aromatic nitrogens is 2. The van der Waals surface area contributed by atoms with E-state index in [0.717, 1.165) is 20.3 Å². The zero-order chi connectivity index (χ0) is 29.5. The van der Waals surface area contributed by atoms with E-state index in [9.17, 15) is 19.8 Å². The van der Waals surface area contributed by atoms with Gasteiger partial charge in [-0.15, -0.1) is 0 Å². The minimum absolute atomic E-state index is 0.00960. The second-order valence-corrected chi connectivity index (χ2v) is 10.2. The van der Waals surface area contributed by atoms with E-state index in [2.05, 4.69) is 0 Å². The van der Waals surface area contributed by atoms with E-state index in [1.807, 2.05) is 60.7 Å². The number of hydrogen-bond donors (Lipinski definition) is 2. The van der Waals surface area contributed by atoms with Gasteiger partial charge in [-0.1, -0.05) is 72.8 Å². The maximum Gasteiger partial charge on any atom is 0.333 e. The van der Waals surface area contributed by atoms with E-state index >= 15 is 0 Å². The fourth-order valence-electron chi connectivity index (χ4n) is 5.07. The van der Waals surface area contributed by atoms with Crippen molar-refractivity contribution in [2.75, 3.05) is 20.3 Å². The molecule has 1 aliphatic rings. The number of methoxy groups -OCH3 is 1. The second kappa shape index (κ2) is 13.3. The van der Waals surface area contributed by atoms with Crippen molar-refractivity contribution in [2.24, 2.45) is 0 Å². The lowest BCUT2D eigenvalue weighted by Crippen LogP contribution is -2.53. The van der Waals surface area contributed by atoms with Crippen LogP contribution in [0.4, 0.5) is 0 Å². The fraction of sp³-hybridized carbons (Fsp3) is 0.312. The van der Waals surface area contributed by atoms with Crippen LogP contribution in [0, 0.1) is 0 Å². The summed E-state index contributed by atoms with van der Waals surface area (Å²) in [7, 11) is 1.55. The fourth-order valence-corrected chi connectivity index (χ4v) is 5.07. The molecule has 4 atom stereocenters. The molecule has 10 heteroatoms. The van der Waals surface area contributed by atoms with Crippen molar-refractivity contribution in [2.45, 2.75) is 43.8 Å². The van der Waals surface area contributed by atoms with Crippen molar-refractivity contribution in [3.05, 3.63) is 135 Å². The van der Waals surface area contributed by atoms with Crippen LogP contribution in [0.15, 0.2) is 107 Å². The first-order valence-electron chi connectivity index (χ1n) is 13.6. The van der Waals surface area contributed by atoms with Gasteiger partial charge in [-0.05, 0) is 28.8 Å². The quantitative estimate of drug-likeness (QED) is 0.265. The van der Waals surface area contributed by atoms with Crippen molar-refractivity contribution < 1.29 is 29.2 Å². The Morgan fingerprint density at radius 2 is 1.50 bits per heavy atom. The van der Waals surface area contributed by atoms with Crippen LogP contribution in [-0.4, -0.2) is 57.5 Å². The zero-order valence-electron chi connectivity index (χ0n) is 23.2. The molecular weight excluding hydrogens is 540 g/mol. The summed E-state index contributed by atoms with van der Waals surface area (Å²) in [5.74, 6) is 0.644. The molecule has 0 unspecified atom stereocenters. The molecule has 0 amide bonds. The Labute approximate surface area is 242 Å². The minimum atomic E-state index is -2.03. The predicted octanol–water partition coefficient (Wildman–Crippen LogP) is 2.49. The van der Waals surface area contributed by atoms with Crippen molar-refractivity contribution >= 4 is 0 Å². The molecule has 2 N–H and O–H groups in total. The Kier molecular flexibility index (Phi) is 9.31. The van der Waals surface area contributed by atoms with Gasteiger partial charge in [0.2, 0.25) is 0 Å². The van der Waals surface area contributed by atoms with Crippen molar-refractivity contribution in [3.8, 4) is 5.75 Å². The third kappa shape index (κ3) is 6.38. The number of ether oxygens (including phenoxy) is 4. The molecule has 220 valence electrons. The lowest BCUT2D eigenvalue weighted by molar-refractivity contribution is -0.150. The average molecular weight is 575 g/mol. The molecule has 1 fully saturated rings. The van der Waals surface area contributed by atoms with Gasteiger partial charge < -0.3 is 29.2 Å². The molecule has 42 heavy (non-hydrogen) atoms. The maximum atomic E-state index is 13.7. The number of aliphatic hydroxyl groups is 2. The highest BCUT2D eigenvalue weighted by molar-refractivity contribution is 5.27. The topological polar surface area (TPSA) is 121 Å². The van der Waals surface area contributed by atoms with Gasteiger partial charge in [-0.2, -0.15) is 0 Å². The largest absolute Gasteiger partial charge is 0.497 e. The van der Waals surface area contributed by atoms with Crippen LogP contribution >= 0.6 is 0 Å². The first-order valence-corrected chi connectivity index (χ1v) is 13.6. The number of nitrogens with zero attached hydrogens (tertiary/aromatic N) is 2. The predicted molar refractivity (Wildman–Crippen MR) is 154 cm³/mol. The molecule has 3 aromatic carbocycles. The highest BCUT2D eigenvalue weighted by Gasteiger charge is 2.58. The number of aliphatic hydroxyl groups excluding tert-OH is 1. The standard InChI is InChI=1S/C32H34N2O8/c1-39-26-14-12-23(13-15-26)18-34-28(36)16-17-33(31(34)37)30-32(38,22-35)29(41-20-25-10-6-3-7-11-25)27(42-30)21-40-19-24-8-4-2-5-9-24/h2-17,27,29-30,35,38H,18-22H2,1H3/t27-,29-,30-,32-/m1/s1. The highest BCUT2D eigenvalue weighted by Crippen LogP contribution is 2.40. The molecule has 1 saturated heterocycles. The third-order valence-corrected chi connectivity index (χ3v) is 7.33. The summed E-state index contributed by atoms with van der Waals surface area (Å²) < 4.78 is 25.7. The summed E-state index contributed by atoms with van der Waals surface area (Å²) in [6.45, 7) is -0.333. The van der Waals surface area contributed by atoms with Gasteiger partial charge >= 0.3 is 5.69 Å². The smallest absolute Gasteiger partial charge is 0.333 e. The van der Waals surface area contributed by atoms with Crippen LogP contribution in [0.2, 0.25) is 0 Å². The Morgan fingerprint density at radius 3 is 2.12 bits per heavy atom. The number of hydrogen-bond acceptors (Lipinski definition) is 8. The van der Waals surface area contributed by atoms with Gasteiger partial charge in [0.15, 0.2) is 11.8 Å². The van der Waals surface area contributed by atoms with Gasteiger partial charge in [-0.25, -0.2) is 4.79 Å². The SMILES string of the molecule is COc1ccc(Cn2c(=O)ccn([C@@H]3O[C@H](COCc4ccccc4)[C@@H](OCc4ccccc4)[C@]3(O)CO)c2=O)cc1. The van der Waals surface area contributed by atoms with Gasteiger partial charge in [0.1, 0.15) is 18.0 Å². The number of benzene rings is 3. The summed E-state index contributed by atoms with van der Waals surface area (Å²) in [6.07, 6.45) is -1.99. The third-order valence-electron chi connectivity index (χ3n) is 7.33. The van der Waals surface area contributed by atoms with Crippen LogP contribution in [-0.2, 0) is 34.0 Å². The minimum Gasteiger partial charge on any atom is -0.497 e. The van der Waals surface area contributed by atoms with Crippen LogP contribution in [0.25, 0.3) is 0 Å². The number of rotatable bonds is 12. The van der Waals surface area contributed by atoms with Crippen LogP contribution in [0.1, 0.15) is 22.9 Å². The molecule has 0 bridgehead atoms. The first-order chi connectivity index (χ1) is 20.4. The van der Waals surface area contributed by atoms with Gasteiger partial charge in [0.25, 0.3) is 5.56 Å². The lowest BCUT2D eigenvalue weighted by atomic mass is 9.94. The Morgan fingerprint density at radius 1 is 0.857 bits per heavy atom. The first kappa shape index (κ1) is 29.4. The normalized spacial score (nSPS) is 21.8. The molecule has 0 spiro atoms. The molecule has 5 rings (SSSR count). The monoisotopic (exact) mass is 574 g/mol. The molecule has 10 nitrogen and oxygen atoms in total. The Hall–Kier alpha value is -4.06. The molecule has 0 aliphatic carbocycles. The van der Waals surface area contributed by atoms with E-state index in [1.54, 1.807) is 31.4 Å². The van der Waals surface area contributed by atoms with Crippen LogP contribution < -0.4 is 16.0 Å². The summed E-state index contributed by atoms with van der Waals surface area (Å²) in [5.41, 5.74) is -0.737. The lowest BCUT2D eigenvalue weighted by Gasteiger charge is -2.32. The van der Waals surface area contributed by atoms with E-state index in [1.165, 1.54) is 12.3 Å². The van der Waals surface area contributed by atoms with Crippen molar-refractivity contribution in [3.63, 3.8) is 0 Å². The second-order valence-electron chi connectivity index (χ2n) is 10.2. The molecule has 1 aliphatic heterocycles. The average Bonchev–Trinajstić information content (AvgIpc) is 3.30. The molecule has 0 saturated carbocycles. The summed E-state index contributed by atoms with van der Waals surface area (Å²) >= 11 is 0. The van der Waals surface area contributed by atoms with Crippen LogP contribution in [0.3, 0.4) is 0 Å². The van der Waals surface area contributed by atoms with E-state index < -0.39 is 41.9 Å². The van der Waals surface area contributed by atoms with Crippen LogP contribution in [0.5, 0.6) is 5.75 Å². The van der Waals surface area contributed by atoms with Gasteiger partial charge in [0, 0.05) is 12.3 Å². The van der Waals surface area contributed by atoms with E-state index in [4.69, 9.17) is 18.9 Å². The molecule has 2 heterocycles. The molecule has 0 radical (unpaired) electrons. The highest BCUT2D eigenvalue weighted by atomic mass is 16.6. The Balaban J connectivity index is 1.44.